The minimum atomic E-state index is 0.847. The van der Waals surface area contributed by atoms with E-state index in [0.717, 1.165) is 70.9 Å². The van der Waals surface area contributed by atoms with Gasteiger partial charge < -0.3 is 9.32 Å². The topological polar surface area (TPSA) is 29.3 Å². The first kappa shape index (κ1) is 29.4. The van der Waals surface area contributed by atoms with E-state index < -0.39 is 0 Å². The lowest BCUT2D eigenvalue weighted by atomic mass is 9.93. The molecule has 4 heteroatoms. The van der Waals surface area contributed by atoms with Crippen LogP contribution in [-0.2, 0) is 0 Å². The molecule has 0 aliphatic heterocycles. The molecule has 0 saturated carbocycles. The van der Waals surface area contributed by atoms with Crippen LogP contribution in [0, 0.1) is 0 Å². The zero-order valence-electron chi connectivity index (χ0n) is 27.5. The fraction of sp³-hybridized carbons (Fsp3) is 0. The molecule has 51 heavy (non-hydrogen) atoms. The first-order chi connectivity index (χ1) is 25.3. The SMILES string of the molecule is c1ccc(-c2nc3ccc4oc5cc(N(c6ccccc6)c6ccc(-c7cccc8ccccc78)cc6-c6ccccc6)ccc5c4c3s2)cc1. The normalized spacial score (nSPS) is 11.5. The number of aromatic nitrogens is 1. The van der Waals surface area contributed by atoms with Crippen molar-refractivity contribution in [3.8, 4) is 32.8 Å². The van der Waals surface area contributed by atoms with Gasteiger partial charge in [0.2, 0.25) is 0 Å². The number of para-hydroxylation sites is 1. The Morgan fingerprint density at radius 1 is 0.471 bits per heavy atom. The maximum atomic E-state index is 6.62. The Balaban J connectivity index is 1.17. The van der Waals surface area contributed by atoms with E-state index in [2.05, 4.69) is 181 Å². The number of benzene rings is 8. The number of anilines is 3. The third-order valence-electron chi connectivity index (χ3n) is 9.69. The monoisotopic (exact) mass is 670 g/mol. The van der Waals surface area contributed by atoms with Crippen molar-refractivity contribution >= 4 is 71.3 Å². The van der Waals surface area contributed by atoms with Gasteiger partial charge in [0.1, 0.15) is 16.2 Å². The van der Waals surface area contributed by atoms with Crippen molar-refractivity contribution in [2.45, 2.75) is 0 Å². The number of nitrogens with zero attached hydrogens (tertiary/aromatic N) is 2. The van der Waals surface area contributed by atoms with Gasteiger partial charge >= 0.3 is 0 Å². The van der Waals surface area contributed by atoms with Crippen molar-refractivity contribution in [2.75, 3.05) is 4.90 Å². The summed E-state index contributed by atoms with van der Waals surface area (Å²) in [7, 11) is 0. The van der Waals surface area contributed by atoms with Crippen LogP contribution in [-0.4, -0.2) is 4.98 Å². The van der Waals surface area contributed by atoms with Gasteiger partial charge in [0.05, 0.1) is 15.9 Å². The van der Waals surface area contributed by atoms with E-state index in [0.29, 0.717) is 0 Å². The Kier molecular flexibility index (Phi) is 7.00. The van der Waals surface area contributed by atoms with Crippen LogP contribution in [0.3, 0.4) is 0 Å². The molecule has 0 N–H and O–H groups in total. The molecule has 0 aliphatic carbocycles. The molecule has 0 aliphatic rings. The zero-order chi connectivity index (χ0) is 33.7. The average Bonchev–Trinajstić information content (AvgIpc) is 3.81. The van der Waals surface area contributed by atoms with Crippen LogP contribution in [0.2, 0.25) is 0 Å². The molecule has 2 aromatic heterocycles. The molecule has 0 spiro atoms. The van der Waals surface area contributed by atoms with E-state index in [-0.39, 0.29) is 0 Å². The van der Waals surface area contributed by atoms with Crippen LogP contribution in [0.4, 0.5) is 17.1 Å². The molecule has 0 amide bonds. The summed E-state index contributed by atoms with van der Waals surface area (Å²) in [5, 5.41) is 5.69. The van der Waals surface area contributed by atoms with E-state index in [4.69, 9.17) is 9.40 Å². The van der Waals surface area contributed by atoms with Crippen molar-refractivity contribution in [3.63, 3.8) is 0 Å². The van der Waals surface area contributed by atoms with E-state index in [1.165, 1.54) is 21.9 Å². The molecule has 0 atom stereocenters. The highest BCUT2D eigenvalue weighted by molar-refractivity contribution is 7.22. The van der Waals surface area contributed by atoms with Gasteiger partial charge in [-0.1, -0.05) is 127 Å². The molecule has 3 nitrogen and oxygen atoms in total. The predicted molar refractivity (Wildman–Crippen MR) is 215 cm³/mol. The second-order valence-electron chi connectivity index (χ2n) is 12.8. The molecular formula is C47H30N2OS. The van der Waals surface area contributed by atoms with Crippen LogP contribution in [0.1, 0.15) is 0 Å². The Bertz CT molecular complexity index is 2850. The smallest absolute Gasteiger partial charge is 0.137 e. The third-order valence-corrected chi connectivity index (χ3v) is 10.8. The molecule has 0 fully saturated rings. The van der Waals surface area contributed by atoms with Gasteiger partial charge in [0.25, 0.3) is 0 Å². The summed E-state index contributed by atoms with van der Waals surface area (Å²) < 4.78 is 7.77. The average molecular weight is 671 g/mol. The second kappa shape index (κ2) is 12.1. The number of rotatable bonds is 6. The Morgan fingerprint density at radius 2 is 1.20 bits per heavy atom. The van der Waals surface area contributed by atoms with Crippen molar-refractivity contribution < 1.29 is 4.42 Å². The molecule has 10 aromatic rings. The maximum Gasteiger partial charge on any atom is 0.137 e. The van der Waals surface area contributed by atoms with Gasteiger partial charge in [0.15, 0.2) is 0 Å². The van der Waals surface area contributed by atoms with E-state index in [1.807, 2.05) is 6.07 Å². The van der Waals surface area contributed by atoms with Crippen LogP contribution in [0.5, 0.6) is 0 Å². The molecule has 0 bridgehead atoms. The molecule has 0 radical (unpaired) electrons. The highest BCUT2D eigenvalue weighted by Gasteiger charge is 2.21. The molecular weight excluding hydrogens is 641 g/mol. The van der Waals surface area contributed by atoms with Crippen LogP contribution in [0.15, 0.2) is 186 Å². The van der Waals surface area contributed by atoms with Gasteiger partial charge in [-0.2, -0.15) is 0 Å². The van der Waals surface area contributed by atoms with Gasteiger partial charge in [-0.15, -0.1) is 11.3 Å². The maximum absolute atomic E-state index is 6.62. The molecule has 8 aromatic carbocycles. The minimum absolute atomic E-state index is 0.847. The van der Waals surface area contributed by atoms with Crippen LogP contribution < -0.4 is 4.90 Å². The van der Waals surface area contributed by atoms with E-state index in [1.54, 1.807) is 11.3 Å². The second-order valence-corrected chi connectivity index (χ2v) is 13.7. The third kappa shape index (κ3) is 5.08. The summed E-state index contributed by atoms with van der Waals surface area (Å²) in [4.78, 5) is 7.34. The largest absolute Gasteiger partial charge is 0.456 e. The van der Waals surface area contributed by atoms with Gasteiger partial charge in [-0.3, -0.25) is 0 Å². The lowest BCUT2D eigenvalue weighted by Gasteiger charge is -2.28. The zero-order valence-corrected chi connectivity index (χ0v) is 28.3. The Hall–Kier alpha value is -6.49. The number of hydrogen-bond donors (Lipinski definition) is 0. The summed E-state index contributed by atoms with van der Waals surface area (Å²) in [5.41, 5.74) is 11.7. The fourth-order valence-electron chi connectivity index (χ4n) is 7.31. The summed E-state index contributed by atoms with van der Waals surface area (Å²) in [6, 6.07) is 64.4. The molecule has 0 saturated heterocycles. The quantitative estimate of drug-likeness (QED) is 0.176. The first-order valence-electron chi connectivity index (χ1n) is 17.1. The molecule has 2 heterocycles. The van der Waals surface area contributed by atoms with Crippen molar-refractivity contribution in [3.05, 3.63) is 182 Å². The van der Waals surface area contributed by atoms with Gasteiger partial charge in [-0.25, -0.2) is 4.98 Å². The number of thiazole rings is 1. The van der Waals surface area contributed by atoms with E-state index in [9.17, 15) is 0 Å². The van der Waals surface area contributed by atoms with E-state index >= 15 is 0 Å². The lowest BCUT2D eigenvalue weighted by Crippen LogP contribution is -2.11. The molecule has 240 valence electrons. The van der Waals surface area contributed by atoms with Crippen molar-refractivity contribution in [2.24, 2.45) is 0 Å². The minimum Gasteiger partial charge on any atom is -0.456 e. The summed E-state index contributed by atoms with van der Waals surface area (Å²) in [6.45, 7) is 0. The molecule has 0 unspecified atom stereocenters. The van der Waals surface area contributed by atoms with Gasteiger partial charge in [-0.05, 0) is 76.0 Å². The van der Waals surface area contributed by atoms with Crippen LogP contribution >= 0.6 is 11.3 Å². The summed E-state index contributed by atoms with van der Waals surface area (Å²) >= 11 is 1.72. The van der Waals surface area contributed by atoms with Crippen molar-refractivity contribution in [1.29, 1.82) is 0 Å². The predicted octanol–water partition coefficient (Wildman–Crippen LogP) is 13.8. The Labute approximate surface area is 299 Å². The highest BCUT2D eigenvalue weighted by Crippen LogP contribution is 2.46. The molecule has 10 rings (SSSR count). The number of hydrogen-bond acceptors (Lipinski definition) is 4. The first-order valence-corrected chi connectivity index (χ1v) is 17.9. The fourth-order valence-corrected chi connectivity index (χ4v) is 8.43. The standard InChI is InChI=1S/C47H30N2OS/c1-4-13-32(14-5-1)40-29-34(38-22-12-18-31-15-10-11-21-37(31)38)23-27-42(40)49(35-19-8-3-9-20-35)36-24-25-39-44(30-36)50-43-28-26-41-46(45(39)43)51-47(48-41)33-16-6-2-7-17-33/h1-30H. The van der Waals surface area contributed by atoms with Crippen molar-refractivity contribution in [1.82, 2.24) is 4.98 Å². The summed E-state index contributed by atoms with van der Waals surface area (Å²) in [6.07, 6.45) is 0. The van der Waals surface area contributed by atoms with Gasteiger partial charge in [0, 0.05) is 39.3 Å². The highest BCUT2D eigenvalue weighted by atomic mass is 32.1. The Morgan fingerprint density at radius 3 is 2.02 bits per heavy atom. The summed E-state index contributed by atoms with van der Waals surface area (Å²) in [5.74, 6) is 0. The number of furan rings is 1. The van der Waals surface area contributed by atoms with Crippen LogP contribution in [0.25, 0.3) is 75.8 Å². The number of fused-ring (bicyclic) bond motifs is 6. The lowest BCUT2D eigenvalue weighted by molar-refractivity contribution is 0.669.